The van der Waals surface area contributed by atoms with Gasteiger partial charge in [0.2, 0.25) is 5.82 Å². The highest BCUT2D eigenvalue weighted by Crippen LogP contribution is 2.35. The summed E-state index contributed by atoms with van der Waals surface area (Å²) in [5.74, 6) is 1.36. The lowest BCUT2D eigenvalue weighted by Crippen LogP contribution is -2.23. The molecule has 0 fully saturated rings. The molecule has 1 atom stereocenters. The van der Waals surface area contributed by atoms with Crippen LogP contribution < -0.4 is 16.4 Å². The molecule has 0 amide bonds. The van der Waals surface area contributed by atoms with Crippen LogP contribution in [0, 0.1) is 29.6 Å². The first-order valence-corrected chi connectivity index (χ1v) is 10.3. The lowest BCUT2D eigenvalue weighted by Gasteiger charge is -2.18. The number of rotatable bonds is 10. The van der Waals surface area contributed by atoms with Gasteiger partial charge in [-0.3, -0.25) is 0 Å². The van der Waals surface area contributed by atoms with Gasteiger partial charge < -0.3 is 21.1 Å². The summed E-state index contributed by atoms with van der Waals surface area (Å²) >= 11 is 0. The van der Waals surface area contributed by atoms with Gasteiger partial charge in [-0.1, -0.05) is 0 Å². The van der Waals surface area contributed by atoms with Crippen molar-refractivity contribution in [3.8, 4) is 18.0 Å². The Balaban J connectivity index is 2.04. The molecule has 0 saturated carbocycles. The number of hydrogen-bond donors (Lipinski definition) is 3. The van der Waals surface area contributed by atoms with Crippen LogP contribution in [0.1, 0.15) is 23.6 Å². The maximum atomic E-state index is 9.79. The molecule has 13 heteroatoms. The van der Waals surface area contributed by atoms with Gasteiger partial charge in [0.15, 0.2) is 11.6 Å². The van der Waals surface area contributed by atoms with Gasteiger partial charge in [0, 0.05) is 44.1 Å². The normalized spacial score (nSPS) is 11.7. The molecule has 34 heavy (non-hydrogen) atoms. The Labute approximate surface area is 196 Å². The Morgan fingerprint density at radius 2 is 2.09 bits per heavy atom. The third kappa shape index (κ3) is 5.47. The lowest BCUT2D eigenvalue weighted by atomic mass is 10.1. The van der Waals surface area contributed by atoms with E-state index in [1.54, 1.807) is 26.3 Å². The molecule has 0 aliphatic rings. The van der Waals surface area contributed by atoms with Crippen molar-refractivity contribution in [1.29, 1.82) is 10.5 Å². The van der Waals surface area contributed by atoms with Crippen molar-refractivity contribution in [2.75, 3.05) is 37.4 Å². The van der Waals surface area contributed by atoms with Crippen LogP contribution in [0.25, 0.3) is 5.82 Å². The molecular formula is C21H24N12O. The fourth-order valence-electron chi connectivity index (χ4n) is 3.05. The Hall–Kier alpha value is -4.46. The second-order valence-corrected chi connectivity index (χ2v) is 7.18. The molecule has 0 aliphatic heterocycles. The maximum absolute atomic E-state index is 9.79. The number of pyridine rings is 1. The molecule has 3 rings (SSSR count). The van der Waals surface area contributed by atoms with Gasteiger partial charge in [-0.25, -0.2) is 19.6 Å². The molecule has 13 nitrogen and oxygen atoms in total. The second-order valence-electron chi connectivity index (χ2n) is 7.18. The van der Waals surface area contributed by atoms with Crippen LogP contribution in [-0.2, 0) is 4.74 Å². The van der Waals surface area contributed by atoms with Gasteiger partial charge >= 0.3 is 0 Å². The van der Waals surface area contributed by atoms with Crippen molar-refractivity contribution < 1.29 is 4.74 Å². The van der Waals surface area contributed by atoms with E-state index in [4.69, 9.17) is 10.5 Å². The Bertz CT molecular complexity index is 1240. The monoisotopic (exact) mass is 460 g/mol. The van der Waals surface area contributed by atoms with Gasteiger partial charge in [-0.05, 0) is 13.8 Å². The number of anilines is 2. The molecule has 0 radical (unpaired) electrons. The topological polar surface area (TPSA) is 188 Å². The summed E-state index contributed by atoms with van der Waals surface area (Å²) in [6.45, 7) is 4.89. The van der Waals surface area contributed by atoms with E-state index in [1.807, 2.05) is 13.0 Å². The fraction of sp³-hybridized carbons (Fsp3) is 0.333. The lowest BCUT2D eigenvalue weighted by molar-refractivity contribution is 0.190. The van der Waals surface area contributed by atoms with E-state index in [-0.39, 0.29) is 17.4 Å². The van der Waals surface area contributed by atoms with Crippen molar-refractivity contribution >= 4 is 23.1 Å². The largest absolute Gasteiger partial charge is 0.383 e. The van der Waals surface area contributed by atoms with Crippen molar-refractivity contribution in [2.45, 2.75) is 19.9 Å². The van der Waals surface area contributed by atoms with Gasteiger partial charge in [0.1, 0.15) is 35.5 Å². The highest BCUT2D eigenvalue weighted by molar-refractivity contribution is 5.74. The van der Waals surface area contributed by atoms with E-state index >= 15 is 0 Å². The number of ether oxygens (including phenoxy) is 1. The average molecular weight is 461 g/mol. The zero-order chi connectivity index (χ0) is 24.5. The Kier molecular flexibility index (Phi) is 8.12. The summed E-state index contributed by atoms with van der Waals surface area (Å²) in [4.78, 5) is 12.5. The number of azo groups is 1. The SMILES string of the molecule is COCC(C)Nc1nc(NCCN)c(N=Nc2nn(-c3ccncn3)cc2C#N)c(C)c1C#N. The van der Waals surface area contributed by atoms with Gasteiger partial charge in [0.25, 0.3) is 0 Å². The summed E-state index contributed by atoms with van der Waals surface area (Å²) in [6.07, 6.45) is 4.44. The first-order valence-electron chi connectivity index (χ1n) is 10.3. The molecule has 4 N–H and O–H groups in total. The van der Waals surface area contributed by atoms with Crippen LogP contribution in [0.2, 0.25) is 0 Å². The van der Waals surface area contributed by atoms with Crippen molar-refractivity contribution in [1.82, 2.24) is 24.7 Å². The molecule has 3 aromatic rings. The minimum Gasteiger partial charge on any atom is -0.383 e. The summed E-state index contributed by atoms with van der Waals surface area (Å²) < 4.78 is 6.57. The highest BCUT2D eigenvalue weighted by Gasteiger charge is 2.19. The minimum atomic E-state index is -0.0808. The number of nitrogens with one attached hydrogen (secondary N) is 2. The summed E-state index contributed by atoms with van der Waals surface area (Å²) in [5, 5.41) is 38.4. The number of methoxy groups -OCH3 is 1. The molecule has 0 saturated heterocycles. The molecule has 3 heterocycles. The first kappa shape index (κ1) is 24.2. The molecule has 0 bridgehead atoms. The van der Waals surface area contributed by atoms with Crippen molar-refractivity contribution in [2.24, 2.45) is 16.0 Å². The summed E-state index contributed by atoms with van der Waals surface area (Å²) in [5.41, 5.74) is 7.08. The van der Waals surface area contributed by atoms with E-state index in [1.165, 1.54) is 17.2 Å². The van der Waals surface area contributed by atoms with Crippen LogP contribution >= 0.6 is 0 Å². The third-order valence-corrected chi connectivity index (χ3v) is 4.62. The fourth-order valence-corrected chi connectivity index (χ4v) is 3.05. The van der Waals surface area contributed by atoms with E-state index in [0.717, 1.165) is 0 Å². The maximum Gasteiger partial charge on any atom is 0.213 e. The number of nitriles is 2. The van der Waals surface area contributed by atoms with Crippen LogP contribution in [0.4, 0.5) is 23.1 Å². The zero-order valence-corrected chi connectivity index (χ0v) is 19.0. The average Bonchev–Trinajstić information content (AvgIpc) is 3.26. The Morgan fingerprint density at radius 3 is 2.74 bits per heavy atom. The number of nitrogens with zero attached hydrogens (tertiary/aromatic N) is 9. The quantitative estimate of drug-likeness (QED) is 0.379. The minimum absolute atomic E-state index is 0.0808. The van der Waals surface area contributed by atoms with Crippen molar-refractivity contribution in [3.05, 3.63) is 41.5 Å². The first-order chi connectivity index (χ1) is 16.5. The van der Waals surface area contributed by atoms with Crippen LogP contribution in [-0.4, -0.2) is 57.6 Å². The molecular weight excluding hydrogens is 436 g/mol. The highest BCUT2D eigenvalue weighted by atomic mass is 16.5. The predicted octanol–water partition coefficient (Wildman–Crippen LogP) is 2.34. The Morgan fingerprint density at radius 1 is 1.26 bits per heavy atom. The number of nitrogens with two attached hydrogens (primary N) is 1. The third-order valence-electron chi connectivity index (χ3n) is 4.62. The molecule has 0 aromatic carbocycles. The van der Waals surface area contributed by atoms with Gasteiger partial charge in [0.05, 0.1) is 18.4 Å². The van der Waals surface area contributed by atoms with Crippen LogP contribution in [0.3, 0.4) is 0 Å². The van der Waals surface area contributed by atoms with Crippen molar-refractivity contribution in [3.63, 3.8) is 0 Å². The standard InChI is InChI=1S/C21H24N12O/c1-13(11-34-3)28-20-16(9-24)14(2)18(21(29-20)26-7-5-22)30-31-19-15(8-23)10-33(32-19)17-4-6-25-12-27-17/h4,6,10,12-13H,5,7,11,22H2,1-3H3,(H2,26,28,29). The van der Waals surface area contributed by atoms with E-state index in [9.17, 15) is 10.5 Å². The molecule has 3 aromatic heterocycles. The van der Waals surface area contributed by atoms with E-state index in [2.05, 4.69) is 47.0 Å². The molecule has 174 valence electrons. The second kappa shape index (κ2) is 11.4. The molecule has 0 spiro atoms. The van der Waals surface area contributed by atoms with Crippen LogP contribution in [0.15, 0.2) is 35.0 Å². The number of aromatic nitrogens is 5. The van der Waals surface area contributed by atoms with E-state index in [0.29, 0.717) is 54.0 Å². The van der Waals surface area contributed by atoms with E-state index < -0.39 is 0 Å². The number of hydrogen-bond acceptors (Lipinski definition) is 12. The smallest absolute Gasteiger partial charge is 0.213 e. The predicted molar refractivity (Wildman–Crippen MR) is 124 cm³/mol. The van der Waals surface area contributed by atoms with Gasteiger partial charge in [-0.15, -0.1) is 15.3 Å². The van der Waals surface area contributed by atoms with Gasteiger partial charge in [-0.2, -0.15) is 10.5 Å². The summed E-state index contributed by atoms with van der Waals surface area (Å²) in [6, 6.07) is 5.79. The molecule has 0 aliphatic carbocycles. The van der Waals surface area contributed by atoms with Crippen LogP contribution in [0.5, 0.6) is 0 Å². The zero-order valence-electron chi connectivity index (χ0n) is 19.0. The molecule has 1 unspecified atom stereocenters. The summed E-state index contributed by atoms with van der Waals surface area (Å²) in [7, 11) is 1.60.